The molecule has 194 valence electrons. The number of likely N-dealkylation sites (tertiary alicyclic amines) is 2. The Balaban J connectivity index is 0.000000249. The minimum Gasteiger partial charge on any atom is -0.376 e. The van der Waals surface area contributed by atoms with Gasteiger partial charge in [-0.15, -0.1) is 0 Å². The maximum atomic E-state index is 10.9. The number of hydrogen-bond donors (Lipinski definition) is 0. The highest BCUT2D eigenvalue weighted by Crippen LogP contribution is 2.41. The van der Waals surface area contributed by atoms with E-state index in [0.29, 0.717) is 5.41 Å². The van der Waals surface area contributed by atoms with Gasteiger partial charge >= 0.3 is 0 Å². The summed E-state index contributed by atoms with van der Waals surface area (Å²) in [6.45, 7) is 28.4. The molecule has 0 aromatic carbocycles. The Hall–Kier alpha value is -0.990. The molecule has 2 saturated heterocycles. The first-order valence-electron chi connectivity index (χ1n) is 14.0. The van der Waals surface area contributed by atoms with Crippen LogP contribution in [0, 0.1) is 35.0 Å². The van der Waals surface area contributed by atoms with Gasteiger partial charge < -0.3 is 9.80 Å². The fourth-order valence-corrected chi connectivity index (χ4v) is 5.50. The van der Waals surface area contributed by atoms with Crippen molar-refractivity contribution in [2.24, 2.45) is 35.0 Å². The number of carbonyl (C=O) groups is 1. The van der Waals surface area contributed by atoms with Crippen molar-refractivity contribution in [3.63, 3.8) is 0 Å². The molecule has 3 aliphatic rings. The van der Waals surface area contributed by atoms with Crippen LogP contribution in [0.15, 0.2) is 12.3 Å². The average molecular weight is 463 g/mol. The second-order valence-corrected chi connectivity index (χ2v) is 12.4. The van der Waals surface area contributed by atoms with Gasteiger partial charge in [-0.1, -0.05) is 74.3 Å². The topological polar surface area (TPSA) is 23.6 Å². The van der Waals surface area contributed by atoms with E-state index in [2.05, 4.69) is 66.9 Å². The molecule has 3 nitrogen and oxygen atoms in total. The third-order valence-corrected chi connectivity index (χ3v) is 9.02. The summed E-state index contributed by atoms with van der Waals surface area (Å²) in [5.74, 6) is 4.37. The molecule has 0 radical (unpaired) electrons. The third-order valence-electron chi connectivity index (χ3n) is 9.02. The summed E-state index contributed by atoms with van der Waals surface area (Å²) in [7, 11) is 0. The highest BCUT2D eigenvalue weighted by molar-refractivity contribution is 5.73. The lowest BCUT2D eigenvalue weighted by molar-refractivity contribution is -0.127. The van der Waals surface area contributed by atoms with Gasteiger partial charge in [0.25, 0.3) is 0 Å². The molecular weight excluding hydrogens is 404 g/mol. The lowest BCUT2D eigenvalue weighted by Gasteiger charge is -2.37. The first-order chi connectivity index (χ1) is 15.4. The van der Waals surface area contributed by atoms with Crippen molar-refractivity contribution < 1.29 is 4.79 Å². The summed E-state index contributed by atoms with van der Waals surface area (Å²) in [5.41, 5.74) is 1.91. The van der Waals surface area contributed by atoms with Crippen LogP contribution in [0.4, 0.5) is 0 Å². The molecule has 0 bridgehead atoms. The summed E-state index contributed by atoms with van der Waals surface area (Å²) in [4.78, 5) is 15.3. The first kappa shape index (κ1) is 30.0. The van der Waals surface area contributed by atoms with Crippen LogP contribution in [0.2, 0.25) is 0 Å². The highest BCUT2D eigenvalue weighted by Gasteiger charge is 2.29. The lowest BCUT2D eigenvalue weighted by Crippen LogP contribution is -2.33. The fraction of sp³-hybridized carbons (Fsp3) is 0.900. The Bertz CT molecular complexity index is 566. The number of allylic oxidation sites excluding steroid dienone is 1. The van der Waals surface area contributed by atoms with Crippen molar-refractivity contribution in [3.8, 4) is 0 Å². The predicted molar refractivity (Wildman–Crippen MR) is 145 cm³/mol. The Morgan fingerprint density at radius 1 is 0.788 bits per heavy atom. The molecule has 1 atom stereocenters. The molecule has 0 N–H and O–H groups in total. The Labute approximate surface area is 207 Å². The maximum absolute atomic E-state index is 10.9. The quantitative estimate of drug-likeness (QED) is 0.422. The monoisotopic (exact) mass is 462 g/mol. The van der Waals surface area contributed by atoms with Gasteiger partial charge in [-0.2, -0.15) is 0 Å². The molecule has 3 fully saturated rings. The van der Waals surface area contributed by atoms with Crippen LogP contribution in [-0.2, 0) is 4.79 Å². The molecule has 3 rings (SSSR count). The van der Waals surface area contributed by atoms with Crippen LogP contribution in [0.5, 0.6) is 0 Å². The second kappa shape index (κ2) is 14.4. The third kappa shape index (κ3) is 10.4. The van der Waals surface area contributed by atoms with Crippen molar-refractivity contribution in [2.45, 2.75) is 114 Å². The molecule has 3 heteroatoms. The highest BCUT2D eigenvalue weighted by atomic mass is 16.2. The largest absolute Gasteiger partial charge is 0.376 e. The zero-order chi connectivity index (χ0) is 25.2. The van der Waals surface area contributed by atoms with Gasteiger partial charge in [0.2, 0.25) is 5.91 Å². The van der Waals surface area contributed by atoms with E-state index in [4.69, 9.17) is 0 Å². The van der Waals surface area contributed by atoms with E-state index in [1.165, 1.54) is 70.2 Å². The summed E-state index contributed by atoms with van der Waals surface area (Å²) in [6, 6.07) is 0. The summed E-state index contributed by atoms with van der Waals surface area (Å²) < 4.78 is 0. The zero-order valence-electron chi connectivity index (χ0n) is 23.9. The standard InChI is InChI=1S/C11H21N.C10H20.C9H17NO/c1-9(2)11-5-7-12(8-6-11)10(3)4;1-9(2)10(3)7-5-4-6-8-10;1-7(2)9-4-5-10(6-9)8(3)11/h9,11H,3,5-8H2,1-2,4H3;9H,4-8H2,1-3H3;7,9H,4-6H2,1-3H3. The summed E-state index contributed by atoms with van der Waals surface area (Å²) >= 11 is 0. The van der Waals surface area contributed by atoms with Gasteiger partial charge in [-0.25, -0.2) is 0 Å². The maximum Gasteiger partial charge on any atom is 0.219 e. The van der Waals surface area contributed by atoms with Crippen molar-refractivity contribution >= 4 is 5.91 Å². The second-order valence-electron chi connectivity index (χ2n) is 12.4. The Morgan fingerprint density at radius 3 is 1.55 bits per heavy atom. The van der Waals surface area contributed by atoms with E-state index >= 15 is 0 Å². The molecule has 0 aromatic heterocycles. The van der Waals surface area contributed by atoms with Crippen molar-refractivity contribution in [2.75, 3.05) is 26.2 Å². The van der Waals surface area contributed by atoms with Crippen LogP contribution in [0.1, 0.15) is 114 Å². The van der Waals surface area contributed by atoms with Gasteiger partial charge in [0.05, 0.1) is 0 Å². The summed E-state index contributed by atoms with van der Waals surface area (Å²) in [6.07, 6.45) is 11.2. The van der Waals surface area contributed by atoms with Crippen molar-refractivity contribution in [1.82, 2.24) is 9.80 Å². The average Bonchev–Trinajstić information content (AvgIpc) is 3.26. The molecule has 1 saturated carbocycles. The van der Waals surface area contributed by atoms with Crippen molar-refractivity contribution in [1.29, 1.82) is 0 Å². The van der Waals surface area contributed by atoms with Crippen LogP contribution in [0.3, 0.4) is 0 Å². The molecule has 1 aliphatic carbocycles. The van der Waals surface area contributed by atoms with E-state index < -0.39 is 0 Å². The van der Waals surface area contributed by atoms with E-state index in [-0.39, 0.29) is 5.91 Å². The summed E-state index contributed by atoms with van der Waals surface area (Å²) in [5, 5.41) is 0. The van der Waals surface area contributed by atoms with Crippen molar-refractivity contribution in [3.05, 3.63) is 12.3 Å². The normalized spacial score (nSPS) is 23.2. The lowest BCUT2D eigenvalue weighted by atomic mass is 9.69. The van der Waals surface area contributed by atoms with E-state index in [1.54, 1.807) is 6.92 Å². The molecule has 1 unspecified atom stereocenters. The number of amides is 1. The molecule has 1 amide bonds. The van der Waals surface area contributed by atoms with E-state index in [9.17, 15) is 4.79 Å². The minimum atomic E-state index is 0.230. The van der Waals surface area contributed by atoms with E-state index in [1.807, 2.05) is 4.90 Å². The van der Waals surface area contributed by atoms with Gasteiger partial charge in [-0.3, -0.25) is 4.79 Å². The predicted octanol–water partition coefficient (Wildman–Crippen LogP) is 8.01. The number of nitrogens with zero attached hydrogens (tertiary/aromatic N) is 2. The Kier molecular flexibility index (Phi) is 13.1. The molecule has 0 spiro atoms. The van der Waals surface area contributed by atoms with Crippen LogP contribution in [0.25, 0.3) is 0 Å². The molecule has 2 heterocycles. The SMILES string of the molecule is C=C(C)N1CCC(C(C)C)CC1.CC(=O)N1CCC(C(C)C)C1.CC(C)C1(C)CCCCC1. The van der Waals surface area contributed by atoms with Gasteiger partial charge in [0.15, 0.2) is 0 Å². The smallest absolute Gasteiger partial charge is 0.219 e. The molecule has 0 aromatic rings. The van der Waals surface area contributed by atoms with E-state index in [0.717, 1.165) is 42.7 Å². The zero-order valence-corrected chi connectivity index (χ0v) is 23.9. The number of hydrogen-bond acceptors (Lipinski definition) is 2. The number of rotatable bonds is 4. The Morgan fingerprint density at radius 2 is 1.24 bits per heavy atom. The van der Waals surface area contributed by atoms with Gasteiger partial charge in [-0.05, 0) is 74.0 Å². The van der Waals surface area contributed by atoms with Gasteiger partial charge in [0, 0.05) is 38.8 Å². The minimum absolute atomic E-state index is 0.230. The van der Waals surface area contributed by atoms with Gasteiger partial charge in [0.1, 0.15) is 0 Å². The van der Waals surface area contributed by atoms with Crippen LogP contribution in [-0.4, -0.2) is 41.9 Å². The molecule has 33 heavy (non-hydrogen) atoms. The first-order valence-corrected chi connectivity index (χ1v) is 14.0. The number of piperidine rings is 1. The molecular formula is C30H58N2O. The molecule has 2 aliphatic heterocycles. The van der Waals surface area contributed by atoms with Crippen LogP contribution < -0.4 is 0 Å². The number of carbonyl (C=O) groups excluding carboxylic acids is 1. The fourth-order valence-electron chi connectivity index (χ4n) is 5.50. The van der Waals surface area contributed by atoms with Crippen LogP contribution >= 0.6 is 0 Å².